The molecule has 30 heavy (non-hydrogen) atoms. The minimum Gasteiger partial charge on any atom is -0.395 e. The summed E-state index contributed by atoms with van der Waals surface area (Å²) >= 11 is 0. The minimum absolute atomic E-state index is 0.101. The van der Waals surface area contributed by atoms with Crippen LogP contribution < -0.4 is 0 Å². The summed E-state index contributed by atoms with van der Waals surface area (Å²) in [5.74, 6) is -1.19. The topological polar surface area (TPSA) is 60.9 Å². The summed E-state index contributed by atoms with van der Waals surface area (Å²) in [6.45, 7) is 0.834. The summed E-state index contributed by atoms with van der Waals surface area (Å²) in [7, 11) is 0. The molecule has 0 fully saturated rings. The van der Waals surface area contributed by atoms with Crippen molar-refractivity contribution in [2.75, 3.05) is 13.2 Å². The van der Waals surface area contributed by atoms with Gasteiger partial charge in [-0.2, -0.15) is 0 Å². The maximum atomic E-state index is 13.2. The zero-order valence-electron chi connectivity index (χ0n) is 16.9. The smallest absolute Gasteiger partial charge is 0.312 e. The number of benzene rings is 3. The molecule has 2 amide bonds. The predicted octanol–water partition coefficient (Wildman–Crippen LogP) is 3.24. The van der Waals surface area contributed by atoms with Crippen molar-refractivity contribution in [2.45, 2.75) is 19.6 Å². The van der Waals surface area contributed by atoms with Crippen LogP contribution in [0, 0.1) is 0 Å². The third-order valence-electron chi connectivity index (χ3n) is 4.78. The van der Waals surface area contributed by atoms with Crippen LogP contribution in [0.15, 0.2) is 91.0 Å². The van der Waals surface area contributed by atoms with E-state index in [9.17, 15) is 14.7 Å². The molecule has 0 saturated carbocycles. The van der Waals surface area contributed by atoms with E-state index < -0.39 is 11.8 Å². The second-order valence-electron chi connectivity index (χ2n) is 7.07. The molecule has 0 atom stereocenters. The number of aliphatic hydroxyl groups is 1. The molecule has 0 heterocycles. The first-order valence-electron chi connectivity index (χ1n) is 9.98. The second kappa shape index (κ2) is 10.9. The van der Waals surface area contributed by atoms with Crippen LogP contribution in [0.25, 0.3) is 0 Å². The van der Waals surface area contributed by atoms with E-state index >= 15 is 0 Å². The van der Waals surface area contributed by atoms with Gasteiger partial charge < -0.3 is 14.9 Å². The normalized spacial score (nSPS) is 10.4. The van der Waals surface area contributed by atoms with Crippen LogP contribution in [-0.4, -0.2) is 39.9 Å². The number of aliphatic hydroxyl groups excluding tert-OH is 1. The van der Waals surface area contributed by atoms with Crippen molar-refractivity contribution >= 4 is 11.8 Å². The number of amides is 2. The summed E-state index contributed by atoms with van der Waals surface area (Å²) < 4.78 is 0. The monoisotopic (exact) mass is 402 g/mol. The standard InChI is InChI=1S/C25H26N2O3/c28-17-16-26(18-21-10-4-1-5-11-21)24(29)25(30)27(19-22-12-6-2-7-13-22)20-23-14-8-3-9-15-23/h1-15,28H,16-20H2. The van der Waals surface area contributed by atoms with Gasteiger partial charge in [-0.3, -0.25) is 9.59 Å². The quantitative estimate of drug-likeness (QED) is 0.589. The van der Waals surface area contributed by atoms with Gasteiger partial charge in [-0.05, 0) is 16.7 Å². The molecular weight excluding hydrogens is 376 g/mol. The molecule has 0 saturated heterocycles. The second-order valence-corrected chi connectivity index (χ2v) is 7.07. The van der Waals surface area contributed by atoms with E-state index in [1.807, 2.05) is 91.0 Å². The lowest BCUT2D eigenvalue weighted by Gasteiger charge is -2.27. The van der Waals surface area contributed by atoms with E-state index in [1.165, 1.54) is 4.90 Å². The molecule has 1 N–H and O–H groups in total. The highest BCUT2D eigenvalue weighted by atomic mass is 16.3. The van der Waals surface area contributed by atoms with Gasteiger partial charge in [0.25, 0.3) is 0 Å². The van der Waals surface area contributed by atoms with Crippen LogP contribution in [0.4, 0.5) is 0 Å². The van der Waals surface area contributed by atoms with Crippen molar-refractivity contribution in [3.8, 4) is 0 Å². The summed E-state index contributed by atoms with van der Waals surface area (Å²) in [6, 6.07) is 28.7. The van der Waals surface area contributed by atoms with E-state index in [1.54, 1.807) is 4.90 Å². The molecule has 0 aromatic heterocycles. The molecule has 3 aromatic carbocycles. The molecule has 3 aromatic rings. The van der Waals surface area contributed by atoms with E-state index in [0.717, 1.165) is 16.7 Å². The molecule has 3 rings (SSSR count). The van der Waals surface area contributed by atoms with Gasteiger partial charge in [0.05, 0.1) is 6.61 Å². The zero-order valence-corrected chi connectivity index (χ0v) is 16.9. The Morgan fingerprint density at radius 1 is 0.567 bits per heavy atom. The van der Waals surface area contributed by atoms with Crippen molar-refractivity contribution < 1.29 is 14.7 Å². The third-order valence-corrected chi connectivity index (χ3v) is 4.78. The Morgan fingerprint density at radius 2 is 0.900 bits per heavy atom. The molecule has 0 bridgehead atoms. The Bertz CT molecular complexity index is 889. The SMILES string of the molecule is O=C(C(=O)N(Cc1ccccc1)Cc1ccccc1)N(CCO)Cc1ccccc1. The summed E-state index contributed by atoms with van der Waals surface area (Å²) in [6.07, 6.45) is 0. The van der Waals surface area contributed by atoms with Gasteiger partial charge in [-0.15, -0.1) is 0 Å². The Morgan fingerprint density at radius 3 is 1.27 bits per heavy atom. The fourth-order valence-corrected chi connectivity index (χ4v) is 3.25. The lowest BCUT2D eigenvalue weighted by Crippen LogP contribution is -2.45. The Balaban J connectivity index is 1.80. The lowest BCUT2D eigenvalue weighted by molar-refractivity contribution is -0.153. The van der Waals surface area contributed by atoms with Crippen molar-refractivity contribution in [3.63, 3.8) is 0 Å². The van der Waals surface area contributed by atoms with Gasteiger partial charge in [-0.1, -0.05) is 91.0 Å². The van der Waals surface area contributed by atoms with Crippen LogP contribution in [0.1, 0.15) is 16.7 Å². The van der Waals surface area contributed by atoms with Crippen molar-refractivity contribution in [1.29, 1.82) is 0 Å². The van der Waals surface area contributed by atoms with Gasteiger partial charge in [0.1, 0.15) is 0 Å². The van der Waals surface area contributed by atoms with Crippen molar-refractivity contribution in [2.24, 2.45) is 0 Å². The van der Waals surface area contributed by atoms with E-state index in [-0.39, 0.29) is 19.7 Å². The van der Waals surface area contributed by atoms with Gasteiger partial charge in [0.2, 0.25) is 0 Å². The van der Waals surface area contributed by atoms with Crippen molar-refractivity contribution in [3.05, 3.63) is 108 Å². The molecule has 154 valence electrons. The molecule has 0 radical (unpaired) electrons. The first-order chi connectivity index (χ1) is 14.7. The Labute approximate surface area is 177 Å². The molecular formula is C25H26N2O3. The first-order valence-corrected chi connectivity index (χ1v) is 9.98. The van der Waals surface area contributed by atoms with Gasteiger partial charge >= 0.3 is 11.8 Å². The number of carbonyl (C=O) groups is 2. The number of hydrogen-bond donors (Lipinski definition) is 1. The Kier molecular flexibility index (Phi) is 7.75. The van der Waals surface area contributed by atoms with E-state index in [0.29, 0.717) is 13.1 Å². The van der Waals surface area contributed by atoms with Crippen LogP contribution in [0.3, 0.4) is 0 Å². The minimum atomic E-state index is -0.611. The Hall–Kier alpha value is -3.44. The maximum Gasteiger partial charge on any atom is 0.312 e. The predicted molar refractivity (Wildman–Crippen MR) is 116 cm³/mol. The lowest BCUT2D eigenvalue weighted by atomic mass is 10.1. The summed E-state index contributed by atoms with van der Waals surface area (Å²) in [4.78, 5) is 29.3. The largest absolute Gasteiger partial charge is 0.395 e. The average molecular weight is 402 g/mol. The van der Waals surface area contributed by atoms with Crippen LogP contribution in [0.5, 0.6) is 0 Å². The highest BCUT2D eigenvalue weighted by Gasteiger charge is 2.27. The highest BCUT2D eigenvalue weighted by molar-refractivity contribution is 6.34. The van der Waals surface area contributed by atoms with E-state index in [4.69, 9.17) is 0 Å². The van der Waals surface area contributed by atoms with Gasteiger partial charge in [-0.25, -0.2) is 0 Å². The molecule has 0 spiro atoms. The number of carbonyl (C=O) groups excluding carboxylic acids is 2. The van der Waals surface area contributed by atoms with Gasteiger partial charge in [0.15, 0.2) is 0 Å². The maximum absolute atomic E-state index is 13.2. The molecule has 0 aliphatic rings. The van der Waals surface area contributed by atoms with E-state index in [2.05, 4.69) is 0 Å². The fourth-order valence-electron chi connectivity index (χ4n) is 3.25. The molecule has 5 nitrogen and oxygen atoms in total. The fraction of sp³-hybridized carbons (Fsp3) is 0.200. The number of hydrogen-bond acceptors (Lipinski definition) is 3. The highest BCUT2D eigenvalue weighted by Crippen LogP contribution is 2.13. The average Bonchev–Trinajstić information content (AvgIpc) is 2.79. The van der Waals surface area contributed by atoms with Crippen LogP contribution in [0.2, 0.25) is 0 Å². The summed E-state index contributed by atoms with van der Waals surface area (Å²) in [5, 5.41) is 9.44. The summed E-state index contributed by atoms with van der Waals surface area (Å²) in [5.41, 5.74) is 2.81. The molecule has 5 heteroatoms. The van der Waals surface area contributed by atoms with Crippen molar-refractivity contribution in [1.82, 2.24) is 9.80 Å². The number of rotatable bonds is 8. The first kappa shape index (κ1) is 21.3. The number of nitrogens with zero attached hydrogens (tertiary/aromatic N) is 2. The van der Waals surface area contributed by atoms with Crippen LogP contribution >= 0.6 is 0 Å². The molecule has 0 unspecified atom stereocenters. The van der Waals surface area contributed by atoms with Crippen LogP contribution in [-0.2, 0) is 29.2 Å². The molecule has 0 aliphatic heterocycles. The van der Waals surface area contributed by atoms with Gasteiger partial charge in [0, 0.05) is 26.2 Å². The molecule has 0 aliphatic carbocycles. The zero-order chi connectivity index (χ0) is 21.2. The third kappa shape index (κ3) is 6.03.